The van der Waals surface area contributed by atoms with Gasteiger partial charge in [0.05, 0.1) is 16.8 Å². The fourth-order valence-corrected chi connectivity index (χ4v) is 4.30. The first-order valence-electron chi connectivity index (χ1n) is 8.40. The number of fused-ring (bicyclic) bond motifs is 2. The van der Waals surface area contributed by atoms with Crippen molar-refractivity contribution in [3.05, 3.63) is 35.3 Å². The van der Waals surface area contributed by atoms with E-state index in [2.05, 4.69) is 10.3 Å². The van der Waals surface area contributed by atoms with E-state index in [1.54, 1.807) is 18.0 Å². The van der Waals surface area contributed by atoms with Crippen LogP contribution in [0.2, 0.25) is 0 Å². The molecular weight excluding hydrogens is 352 g/mol. The number of nitrogens with zero attached hydrogens (tertiary/aromatic N) is 3. The van der Waals surface area contributed by atoms with Crippen LogP contribution in [-0.4, -0.2) is 64.7 Å². The summed E-state index contributed by atoms with van der Waals surface area (Å²) in [6.45, 7) is 0.483. The second-order valence-corrected chi connectivity index (χ2v) is 7.61. The summed E-state index contributed by atoms with van der Waals surface area (Å²) in [5, 5.41) is 3.64. The SMILES string of the molecule is CN1CC(=O)N2C[C@@H](NC(=O)C=Cc3nc4ccccc4s3)C[C@H]2C1=O. The van der Waals surface area contributed by atoms with Crippen LogP contribution < -0.4 is 5.32 Å². The first kappa shape index (κ1) is 16.7. The Bertz CT molecular complexity index is 889. The maximum Gasteiger partial charge on any atom is 0.245 e. The molecule has 0 spiro atoms. The van der Waals surface area contributed by atoms with Crippen LogP contribution in [0, 0.1) is 0 Å². The molecule has 26 heavy (non-hydrogen) atoms. The molecule has 0 aliphatic carbocycles. The minimum Gasteiger partial charge on any atom is -0.348 e. The van der Waals surface area contributed by atoms with E-state index in [0.29, 0.717) is 13.0 Å². The van der Waals surface area contributed by atoms with Gasteiger partial charge in [0, 0.05) is 25.7 Å². The van der Waals surface area contributed by atoms with Gasteiger partial charge in [-0.2, -0.15) is 0 Å². The number of benzene rings is 1. The Morgan fingerprint density at radius 1 is 1.35 bits per heavy atom. The highest BCUT2D eigenvalue weighted by atomic mass is 32.1. The number of hydrogen-bond donors (Lipinski definition) is 1. The molecule has 0 saturated carbocycles. The number of aromatic nitrogens is 1. The highest BCUT2D eigenvalue weighted by Gasteiger charge is 2.44. The highest BCUT2D eigenvalue weighted by molar-refractivity contribution is 7.19. The van der Waals surface area contributed by atoms with Gasteiger partial charge in [0.15, 0.2) is 0 Å². The van der Waals surface area contributed by atoms with Crippen LogP contribution in [0.5, 0.6) is 0 Å². The van der Waals surface area contributed by atoms with Crippen LogP contribution in [-0.2, 0) is 14.4 Å². The Hall–Kier alpha value is -2.74. The summed E-state index contributed by atoms with van der Waals surface area (Å²) in [6, 6.07) is 7.13. The maximum atomic E-state index is 12.2. The number of likely N-dealkylation sites (N-methyl/N-ethyl adjacent to an activating group) is 1. The average molecular weight is 370 g/mol. The summed E-state index contributed by atoms with van der Waals surface area (Å²) in [7, 11) is 1.63. The molecule has 2 fully saturated rings. The molecular formula is C18H18N4O3S. The molecule has 7 nitrogen and oxygen atoms in total. The third-order valence-corrected chi connectivity index (χ3v) is 5.69. The molecule has 0 bridgehead atoms. The number of amides is 3. The van der Waals surface area contributed by atoms with Gasteiger partial charge in [0.25, 0.3) is 0 Å². The molecule has 3 amide bonds. The Morgan fingerprint density at radius 3 is 2.96 bits per heavy atom. The van der Waals surface area contributed by atoms with E-state index < -0.39 is 6.04 Å². The number of piperazine rings is 1. The largest absolute Gasteiger partial charge is 0.348 e. The van der Waals surface area contributed by atoms with Crippen LogP contribution in [0.15, 0.2) is 30.3 Å². The molecule has 1 aromatic heterocycles. The van der Waals surface area contributed by atoms with Crippen molar-refractivity contribution in [1.29, 1.82) is 0 Å². The van der Waals surface area contributed by atoms with Crippen molar-refractivity contribution in [2.75, 3.05) is 20.1 Å². The molecule has 2 aromatic rings. The number of carbonyl (C=O) groups is 3. The first-order chi connectivity index (χ1) is 12.5. The summed E-state index contributed by atoms with van der Waals surface area (Å²) in [4.78, 5) is 43.9. The van der Waals surface area contributed by atoms with E-state index in [1.165, 1.54) is 22.3 Å². The minimum atomic E-state index is -0.459. The second-order valence-electron chi connectivity index (χ2n) is 6.55. The van der Waals surface area contributed by atoms with Crippen molar-refractivity contribution < 1.29 is 14.4 Å². The van der Waals surface area contributed by atoms with Crippen LogP contribution in [0.1, 0.15) is 11.4 Å². The van der Waals surface area contributed by atoms with Crippen LogP contribution in [0.3, 0.4) is 0 Å². The number of thiazole rings is 1. The number of carbonyl (C=O) groups excluding carboxylic acids is 3. The fourth-order valence-electron chi connectivity index (χ4n) is 3.43. The van der Waals surface area contributed by atoms with Crippen LogP contribution >= 0.6 is 11.3 Å². The van der Waals surface area contributed by atoms with Crippen molar-refractivity contribution in [3.63, 3.8) is 0 Å². The first-order valence-corrected chi connectivity index (χ1v) is 9.21. The zero-order valence-corrected chi connectivity index (χ0v) is 15.0. The van der Waals surface area contributed by atoms with E-state index in [0.717, 1.165) is 15.2 Å². The second kappa shape index (κ2) is 6.53. The van der Waals surface area contributed by atoms with E-state index in [1.807, 2.05) is 24.3 Å². The van der Waals surface area contributed by atoms with E-state index >= 15 is 0 Å². The lowest BCUT2D eigenvalue weighted by Gasteiger charge is -2.33. The predicted octanol–water partition coefficient (Wildman–Crippen LogP) is 0.867. The van der Waals surface area contributed by atoms with Gasteiger partial charge in [-0.25, -0.2) is 4.98 Å². The molecule has 1 aromatic carbocycles. The van der Waals surface area contributed by atoms with Gasteiger partial charge >= 0.3 is 0 Å². The molecule has 0 unspecified atom stereocenters. The van der Waals surface area contributed by atoms with Gasteiger partial charge in [-0.1, -0.05) is 12.1 Å². The lowest BCUT2D eigenvalue weighted by atomic mass is 10.1. The van der Waals surface area contributed by atoms with Crippen molar-refractivity contribution in [1.82, 2.24) is 20.1 Å². The standard InChI is InChI=1S/C18H18N4O3S/c1-21-10-17(24)22-9-11(8-13(22)18(21)25)19-15(23)6-7-16-20-12-4-2-3-5-14(12)26-16/h2-7,11,13H,8-10H2,1H3,(H,19,23)/t11-,13-/m0/s1. The lowest BCUT2D eigenvalue weighted by molar-refractivity contribution is -0.152. The van der Waals surface area contributed by atoms with Gasteiger partial charge in [-0.05, 0) is 24.6 Å². The van der Waals surface area contributed by atoms with Gasteiger partial charge in [0.2, 0.25) is 17.7 Å². The molecule has 2 saturated heterocycles. The fraction of sp³-hybridized carbons (Fsp3) is 0.333. The van der Waals surface area contributed by atoms with Crippen molar-refractivity contribution >= 4 is 45.4 Å². The Balaban J connectivity index is 1.39. The number of hydrogen-bond acceptors (Lipinski definition) is 5. The third-order valence-electron chi connectivity index (χ3n) is 4.69. The molecule has 0 radical (unpaired) electrons. The summed E-state index contributed by atoms with van der Waals surface area (Å²) in [5.41, 5.74) is 0.909. The quantitative estimate of drug-likeness (QED) is 0.813. The minimum absolute atomic E-state index is 0.0635. The predicted molar refractivity (Wildman–Crippen MR) is 98.3 cm³/mol. The summed E-state index contributed by atoms with van der Waals surface area (Å²) in [6.07, 6.45) is 3.59. The normalized spacial score (nSPS) is 23.1. The lowest BCUT2D eigenvalue weighted by Crippen LogP contribution is -2.55. The van der Waals surface area contributed by atoms with Crippen molar-refractivity contribution in [2.45, 2.75) is 18.5 Å². The van der Waals surface area contributed by atoms with Crippen LogP contribution in [0.4, 0.5) is 0 Å². The number of rotatable bonds is 3. The third kappa shape index (κ3) is 3.08. The topological polar surface area (TPSA) is 82.6 Å². The molecule has 4 rings (SSSR count). The number of nitrogens with one attached hydrogen (secondary N) is 1. The number of para-hydroxylation sites is 1. The van der Waals surface area contributed by atoms with Crippen molar-refractivity contribution in [3.8, 4) is 0 Å². The van der Waals surface area contributed by atoms with Gasteiger partial charge in [-0.15, -0.1) is 11.3 Å². The average Bonchev–Trinajstić information content (AvgIpc) is 3.22. The van der Waals surface area contributed by atoms with Gasteiger partial charge < -0.3 is 15.1 Å². The molecule has 2 aliphatic rings. The smallest absolute Gasteiger partial charge is 0.245 e. The van der Waals surface area contributed by atoms with E-state index in [-0.39, 0.29) is 30.3 Å². The van der Waals surface area contributed by atoms with Gasteiger partial charge in [0.1, 0.15) is 11.0 Å². The summed E-state index contributed by atoms with van der Waals surface area (Å²) >= 11 is 1.52. The molecule has 3 heterocycles. The Morgan fingerprint density at radius 2 is 2.15 bits per heavy atom. The van der Waals surface area contributed by atoms with Crippen LogP contribution in [0.25, 0.3) is 16.3 Å². The molecule has 134 valence electrons. The zero-order chi connectivity index (χ0) is 18.3. The molecule has 8 heteroatoms. The molecule has 2 aliphatic heterocycles. The highest BCUT2D eigenvalue weighted by Crippen LogP contribution is 2.24. The zero-order valence-electron chi connectivity index (χ0n) is 14.2. The van der Waals surface area contributed by atoms with E-state index in [9.17, 15) is 14.4 Å². The monoisotopic (exact) mass is 370 g/mol. The van der Waals surface area contributed by atoms with E-state index in [4.69, 9.17) is 0 Å². The van der Waals surface area contributed by atoms with Crippen molar-refractivity contribution in [2.24, 2.45) is 0 Å². The Labute approximate surface area is 154 Å². The molecule has 2 atom stereocenters. The summed E-state index contributed by atoms with van der Waals surface area (Å²) < 4.78 is 1.07. The molecule has 1 N–H and O–H groups in total. The van der Waals surface area contributed by atoms with Gasteiger partial charge in [-0.3, -0.25) is 14.4 Å². The maximum absolute atomic E-state index is 12.2. The Kier molecular flexibility index (Phi) is 4.20. The summed E-state index contributed by atoms with van der Waals surface area (Å²) in [5.74, 6) is -0.382.